The molecule has 2 aliphatic carbocycles. The van der Waals surface area contributed by atoms with E-state index in [1.807, 2.05) is 16.9 Å². The van der Waals surface area contributed by atoms with Gasteiger partial charge in [0.2, 0.25) is 0 Å². The van der Waals surface area contributed by atoms with Crippen LogP contribution in [0.25, 0.3) is 0 Å². The second-order valence-corrected chi connectivity index (χ2v) is 6.61. The summed E-state index contributed by atoms with van der Waals surface area (Å²) in [7, 11) is 0. The lowest BCUT2D eigenvalue weighted by molar-refractivity contribution is 0.138. The molecule has 4 unspecified atom stereocenters. The molecule has 0 saturated heterocycles. The van der Waals surface area contributed by atoms with Crippen LogP contribution in [0.3, 0.4) is 0 Å². The van der Waals surface area contributed by atoms with Crippen LogP contribution in [0.5, 0.6) is 0 Å². The molecule has 3 nitrogen and oxygen atoms in total. The van der Waals surface area contributed by atoms with Crippen LogP contribution in [0.1, 0.15) is 51.9 Å². The van der Waals surface area contributed by atoms with E-state index in [1.165, 1.54) is 44.9 Å². The minimum absolute atomic E-state index is 0.519. The largest absolute Gasteiger partial charge is 0.310 e. The Morgan fingerprint density at radius 3 is 2.84 bits per heavy atom. The van der Waals surface area contributed by atoms with Gasteiger partial charge in [-0.1, -0.05) is 25.7 Å². The molecule has 0 spiro atoms. The quantitative estimate of drug-likeness (QED) is 0.902. The Labute approximate surface area is 116 Å². The maximum absolute atomic E-state index is 4.29. The van der Waals surface area contributed by atoms with Gasteiger partial charge in [0, 0.05) is 24.5 Å². The number of nitrogens with zero attached hydrogens (tertiary/aromatic N) is 2. The molecule has 2 saturated carbocycles. The lowest BCUT2D eigenvalue weighted by Crippen LogP contribution is -2.44. The van der Waals surface area contributed by atoms with Gasteiger partial charge in [0.25, 0.3) is 0 Å². The lowest BCUT2D eigenvalue weighted by Gasteiger charge is -2.40. The third-order valence-corrected chi connectivity index (χ3v) is 5.08. The molecule has 0 amide bonds. The summed E-state index contributed by atoms with van der Waals surface area (Å²) in [6.45, 7) is 3.27. The summed E-state index contributed by atoms with van der Waals surface area (Å²) in [5.41, 5.74) is 0. The van der Waals surface area contributed by atoms with E-state index in [0.29, 0.717) is 6.04 Å². The SMILES string of the molecule is CC(Cn1cccn1)NC1CCC2CCCCC2C1. The molecule has 3 heteroatoms. The van der Waals surface area contributed by atoms with Crippen LogP contribution in [0.4, 0.5) is 0 Å². The number of hydrogen-bond acceptors (Lipinski definition) is 2. The second kappa shape index (κ2) is 6.08. The highest BCUT2D eigenvalue weighted by Gasteiger charge is 2.32. The predicted octanol–water partition coefficient (Wildman–Crippen LogP) is 3.22. The average Bonchev–Trinajstić information content (AvgIpc) is 2.91. The van der Waals surface area contributed by atoms with Gasteiger partial charge >= 0.3 is 0 Å². The Morgan fingerprint density at radius 1 is 1.21 bits per heavy atom. The molecule has 0 aromatic carbocycles. The molecule has 2 aliphatic rings. The van der Waals surface area contributed by atoms with Gasteiger partial charge in [-0.15, -0.1) is 0 Å². The molecule has 106 valence electrons. The zero-order chi connectivity index (χ0) is 13.1. The summed E-state index contributed by atoms with van der Waals surface area (Å²) in [6.07, 6.45) is 14.1. The van der Waals surface area contributed by atoms with Crippen molar-refractivity contribution < 1.29 is 0 Å². The van der Waals surface area contributed by atoms with E-state index in [0.717, 1.165) is 24.4 Å². The van der Waals surface area contributed by atoms with Crippen LogP contribution in [-0.2, 0) is 6.54 Å². The van der Waals surface area contributed by atoms with Crippen molar-refractivity contribution >= 4 is 0 Å². The van der Waals surface area contributed by atoms with E-state index >= 15 is 0 Å². The maximum Gasteiger partial charge on any atom is 0.0560 e. The van der Waals surface area contributed by atoms with Gasteiger partial charge < -0.3 is 5.32 Å². The highest BCUT2D eigenvalue weighted by atomic mass is 15.3. The molecule has 0 aliphatic heterocycles. The molecule has 1 heterocycles. The lowest BCUT2D eigenvalue weighted by atomic mass is 9.69. The molecular weight excluding hydrogens is 234 g/mol. The fourth-order valence-electron chi connectivity index (χ4n) is 4.17. The first-order valence-electron chi connectivity index (χ1n) is 8.05. The van der Waals surface area contributed by atoms with Gasteiger partial charge in [-0.3, -0.25) is 4.68 Å². The second-order valence-electron chi connectivity index (χ2n) is 6.61. The molecule has 1 aromatic heterocycles. The molecule has 3 rings (SSSR count). The maximum atomic E-state index is 4.29. The average molecular weight is 261 g/mol. The minimum Gasteiger partial charge on any atom is -0.310 e. The normalized spacial score (nSPS) is 32.8. The molecule has 1 N–H and O–H groups in total. The fourth-order valence-corrected chi connectivity index (χ4v) is 4.17. The Morgan fingerprint density at radius 2 is 2.05 bits per heavy atom. The van der Waals surface area contributed by atoms with Crippen LogP contribution < -0.4 is 5.32 Å². The van der Waals surface area contributed by atoms with Crippen LogP contribution in [0.15, 0.2) is 18.5 Å². The number of fused-ring (bicyclic) bond motifs is 1. The van der Waals surface area contributed by atoms with Crippen molar-refractivity contribution in [2.45, 2.75) is 70.5 Å². The molecule has 0 radical (unpaired) electrons. The number of hydrogen-bond donors (Lipinski definition) is 1. The van der Waals surface area contributed by atoms with Crippen molar-refractivity contribution in [2.24, 2.45) is 11.8 Å². The highest BCUT2D eigenvalue weighted by Crippen LogP contribution is 2.40. The van der Waals surface area contributed by atoms with Gasteiger partial charge in [0.05, 0.1) is 6.54 Å². The third kappa shape index (κ3) is 3.38. The highest BCUT2D eigenvalue weighted by molar-refractivity contribution is 4.87. The first-order chi connectivity index (χ1) is 9.31. The van der Waals surface area contributed by atoms with E-state index in [2.05, 4.69) is 23.5 Å². The minimum atomic E-state index is 0.519. The Kier molecular flexibility index (Phi) is 4.21. The molecule has 0 bridgehead atoms. The Balaban J connectivity index is 1.47. The summed E-state index contributed by atoms with van der Waals surface area (Å²) in [4.78, 5) is 0. The van der Waals surface area contributed by atoms with Crippen LogP contribution >= 0.6 is 0 Å². The summed E-state index contributed by atoms with van der Waals surface area (Å²) in [5.74, 6) is 2.06. The van der Waals surface area contributed by atoms with E-state index in [9.17, 15) is 0 Å². The predicted molar refractivity (Wildman–Crippen MR) is 77.9 cm³/mol. The number of aromatic nitrogens is 2. The van der Waals surface area contributed by atoms with Gasteiger partial charge in [-0.2, -0.15) is 5.10 Å². The molecule has 19 heavy (non-hydrogen) atoms. The van der Waals surface area contributed by atoms with Gasteiger partial charge in [-0.05, 0) is 44.1 Å². The van der Waals surface area contributed by atoms with Crippen molar-refractivity contribution in [2.75, 3.05) is 0 Å². The Hall–Kier alpha value is -0.830. The zero-order valence-electron chi connectivity index (χ0n) is 12.1. The first-order valence-corrected chi connectivity index (χ1v) is 8.05. The van der Waals surface area contributed by atoms with Crippen molar-refractivity contribution in [3.63, 3.8) is 0 Å². The van der Waals surface area contributed by atoms with E-state index in [-0.39, 0.29) is 0 Å². The topological polar surface area (TPSA) is 29.9 Å². The summed E-state index contributed by atoms with van der Waals surface area (Å²) < 4.78 is 2.03. The van der Waals surface area contributed by atoms with E-state index in [4.69, 9.17) is 0 Å². The fraction of sp³-hybridized carbons (Fsp3) is 0.812. The summed E-state index contributed by atoms with van der Waals surface area (Å²) >= 11 is 0. The van der Waals surface area contributed by atoms with Crippen molar-refractivity contribution in [3.05, 3.63) is 18.5 Å². The van der Waals surface area contributed by atoms with Crippen LogP contribution in [-0.4, -0.2) is 21.9 Å². The van der Waals surface area contributed by atoms with Gasteiger partial charge in [-0.25, -0.2) is 0 Å². The standard InChI is InChI=1S/C16H27N3/c1-13(12-19-10-4-9-17-19)18-16-8-7-14-5-2-3-6-15(14)11-16/h4,9-10,13-16,18H,2-3,5-8,11-12H2,1H3. The number of nitrogens with one attached hydrogen (secondary N) is 1. The van der Waals surface area contributed by atoms with E-state index < -0.39 is 0 Å². The van der Waals surface area contributed by atoms with Crippen LogP contribution in [0.2, 0.25) is 0 Å². The molecule has 2 fully saturated rings. The van der Waals surface area contributed by atoms with Crippen LogP contribution in [0, 0.1) is 11.8 Å². The van der Waals surface area contributed by atoms with Gasteiger partial charge in [0.15, 0.2) is 0 Å². The zero-order valence-corrected chi connectivity index (χ0v) is 12.1. The summed E-state index contributed by atoms with van der Waals surface area (Å²) in [5, 5.41) is 8.12. The third-order valence-electron chi connectivity index (χ3n) is 5.08. The first kappa shape index (κ1) is 13.2. The Bertz CT molecular complexity index is 373. The van der Waals surface area contributed by atoms with Crippen molar-refractivity contribution in [1.82, 2.24) is 15.1 Å². The van der Waals surface area contributed by atoms with E-state index in [1.54, 1.807) is 0 Å². The van der Waals surface area contributed by atoms with Gasteiger partial charge in [0.1, 0.15) is 0 Å². The molecular formula is C16H27N3. The van der Waals surface area contributed by atoms with Crippen molar-refractivity contribution in [1.29, 1.82) is 0 Å². The smallest absolute Gasteiger partial charge is 0.0560 e. The monoisotopic (exact) mass is 261 g/mol. The molecule has 1 aromatic rings. The molecule has 4 atom stereocenters. The summed E-state index contributed by atoms with van der Waals surface area (Å²) in [6, 6.07) is 3.26. The number of rotatable bonds is 4. The van der Waals surface area contributed by atoms with Crippen molar-refractivity contribution in [3.8, 4) is 0 Å².